The van der Waals surface area contributed by atoms with E-state index < -0.39 is 10.1 Å². The van der Waals surface area contributed by atoms with Crippen molar-refractivity contribution < 1.29 is 17.5 Å². The zero-order chi connectivity index (χ0) is 47.8. The van der Waals surface area contributed by atoms with Crippen LogP contribution in [0.2, 0.25) is 0 Å². The van der Waals surface area contributed by atoms with Crippen molar-refractivity contribution in [3.05, 3.63) is 29.8 Å². The fraction of sp³-hybridized carbons (Fsp3) is 0.902. The molecule has 0 heterocycles. The van der Waals surface area contributed by atoms with Gasteiger partial charge in [0.05, 0.1) is 19.6 Å². The van der Waals surface area contributed by atoms with Crippen molar-refractivity contribution in [1.29, 1.82) is 0 Å². The summed E-state index contributed by atoms with van der Waals surface area (Å²) < 4.78 is 36.6. The smallest absolute Gasteiger partial charge is 0.295 e. The minimum absolute atomic E-state index is 0.124. The lowest BCUT2D eigenvalue weighted by Crippen LogP contribution is -2.49. The first-order chi connectivity index (χ1) is 32.4. The second kappa shape index (κ2) is 47.8. The van der Waals surface area contributed by atoms with Crippen molar-refractivity contribution >= 4 is 10.1 Å². The predicted octanol–water partition coefficient (Wildman–Crippen LogP) is 21.0. The number of quaternary nitrogens is 1. The molecule has 1 rings (SSSR count). The number of hydrogen-bond acceptors (Lipinski definition) is 2. The molecule has 1 aromatic rings. The van der Waals surface area contributed by atoms with E-state index >= 15 is 0 Å². The Bertz CT molecular complexity index is 1140. The zero-order valence-electron chi connectivity index (χ0n) is 45.2. The Morgan fingerprint density at radius 1 is 0.318 bits per heavy atom. The van der Waals surface area contributed by atoms with Gasteiger partial charge >= 0.3 is 0 Å². The molecule has 0 aliphatic heterocycles. The van der Waals surface area contributed by atoms with E-state index in [1.54, 1.807) is 12.1 Å². The molecule has 0 bridgehead atoms. The standard InChI is InChI=1S/C61H117NO3S/c1-4-7-10-13-16-19-22-25-28-31-34-37-40-43-46-51-56-62(59-60-54-49-50-55-61(60)66(63,64)65,57-52-47-44-41-38-35-32-29-26-23-20-17-14-11-8-5-2)58-53-48-45-42-39-36-33-30-27-24-21-18-15-12-9-6-3/h49-50,54-55H,4-48,51-53,56-59H2,1-3H3/p+1. The Morgan fingerprint density at radius 2 is 0.515 bits per heavy atom. The number of rotatable bonds is 54. The first-order valence-electron chi connectivity index (χ1n) is 30.3. The predicted molar refractivity (Wildman–Crippen MR) is 293 cm³/mol. The van der Waals surface area contributed by atoms with E-state index in [2.05, 4.69) is 20.8 Å². The van der Waals surface area contributed by atoms with Gasteiger partial charge in [-0.25, -0.2) is 0 Å². The molecule has 0 saturated carbocycles. The lowest BCUT2D eigenvalue weighted by Gasteiger charge is -2.40. The molecule has 0 unspecified atom stereocenters. The maximum atomic E-state index is 12.6. The van der Waals surface area contributed by atoms with E-state index in [1.807, 2.05) is 12.1 Å². The maximum absolute atomic E-state index is 12.6. The van der Waals surface area contributed by atoms with Crippen LogP contribution in [0.3, 0.4) is 0 Å². The quantitative estimate of drug-likeness (QED) is 0.0402. The summed E-state index contributed by atoms with van der Waals surface area (Å²) in [7, 11) is -4.27. The summed E-state index contributed by atoms with van der Waals surface area (Å²) in [5.41, 5.74) is 0.810. The first kappa shape index (κ1) is 63.1. The van der Waals surface area contributed by atoms with Gasteiger partial charge in [-0.15, -0.1) is 0 Å². The van der Waals surface area contributed by atoms with Gasteiger partial charge in [0, 0.05) is 5.56 Å². The van der Waals surface area contributed by atoms with E-state index in [1.165, 1.54) is 308 Å². The minimum atomic E-state index is -4.27. The molecule has 0 atom stereocenters. The van der Waals surface area contributed by atoms with Gasteiger partial charge in [0.25, 0.3) is 10.1 Å². The highest BCUT2D eigenvalue weighted by atomic mass is 32.2. The zero-order valence-corrected chi connectivity index (χ0v) is 46.0. The summed E-state index contributed by atoms with van der Waals surface area (Å²) in [5.74, 6) is 0. The highest BCUT2D eigenvalue weighted by molar-refractivity contribution is 7.85. The van der Waals surface area contributed by atoms with Crippen LogP contribution in [0.15, 0.2) is 29.2 Å². The third kappa shape index (κ3) is 39.9. The van der Waals surface area contributed by atoms with Gasteiger partial charge < -0.3 is 4.48 Å². The van der Waals surface area contributed by atoms with E-state index in [4.69, 9.17) is 0 Å². The Kier molecular flexibility index (Phi) is 45.7. The fourth-order valence-electron chi connectivity index (χ4n) is 10.8. The third-order valence-corrected chi connectivity index (χ3v) is 16.2. The van der Waals surface area contributed by atoms with Gasteiger partial charge in [-0.2, -0.15) is 8.42 Å². The van der Waals surface area contributed by atoms with E-state index in [-0.39, 0.29) is 4.90 Å². The highest BCUT2D eigenvalue weighted by Crippen LogP contribution is 2.27. The largest absolute Gasteiger partial charge is 0.320 e. The van der Waals surface area contributed by atoms with Crippen LogP contribution >= 0.6 is 0 Å². The normalized spacial score (nSPS) is 12.2. The molecular formula is C61H118NO3S+. The maximum Gasteiger partial charge on any atom is 0.295 e. The minimum Gasteiger partial charge on any atom is -0.320 e. The molecule has 0 saturated heterocycles. The van der Waals surface area contributed by atoms with Crippen LogP contribution in [0.4, 0.5) is 0 Å². The van der Waals surface area contributed by atoms with Crippen molar-refractivity contribution in [2.45, 2.75) is 340 Å². The number of unbranched alkanes of at least 4 members (excludes halogenated alkanes) is 45. The number of nitrogens with zero attached hydrogens (tertiary/aromatic N) is 1. The van der Waals surface area contributed by atoms with Crippen molar-refractivity contribution in [3.63, 3.8) is 0 Å². The van der Waals surface area contributed by atoms with E-state index in [0.717, 1.165) is 29.7 Å². The summed E-state index contributed by atoms with van der Waals surface area (Å²) >= 11 is 0. The summed E-state index contributed by atoms with van der Waals surface area (Å²) in [6, 6.07) is 7.33. The van der Waals surface area contributed by atoms with Crippen LogP contribution < -0.4 is 0 Å². The van der Waals surface area contributed by atoms with Crippen LogP contribution in [0.25, 0.3) is 0 Å². The molecule has 0 radical (unpaired) electrons. The Morgan fingerprint density at radius 3 is 0.727 bits per heavy atom. The average Bonchev–Trinajstić information content (AvgIpc) is 3.31. The molecule has 0 aromatic heterocycles. The van der Waals surface area contributed by atoms with Crippen LogP contribution in [-0.4, -0.2) is 37.1 Å². The van der Waals surface area contributed by atoms with Crippen LogP contribution in [0.5, 0.6) is 0 Å². The topological polar surface area (TPSA) is 54.4 Å². The molecule has 0 spiro atoms. The van der Waals surface area contributed by atoms with Gasteiger partial charge in [-0.05, 0) is 44.6 Å². The molecule has 4 nitrogen and oxygen atoms in total. The molecule has 1 aromatic carbocycles. The van der Waals surface area contributed by atoms with Gasteiger partial charge in [0.15, 0.2) is 0 Å². The van der Waals surface area contributed by atoms with Crippen LogP contribution in [0.1, 0.15) is 335 Å². The molecule has 0 amide bonds. The Hall–Kier alpha value is -0.910. The molecule has 0 aliphatic rings. The van der Waals surface area contributed by atoms with Gasteiger partial charge in [-0.3, -0.25) is 4.55 Å². The van der Waals surface area contributed by atoms with Gasteiger partial charge in [0.1, 0.15) is 11.4 Å². The second-order valence-corrected chi connectivity index (χ2v) is 23.1. The second-order valence-electron chi connectivity index (χ2n) is 21.7. The first-order valence-corrected chi connectivity index (χ1v) is 31.7. The lowest BCUT2D eigenvalue weighted by atomic mass is 10.0. The van der Waals surface area contributed by atoms with Gasteiger partial charge in [0.2, 0.25) is 0 Å². The molecular weight excluding hydrogens is 827 g/mol. The van der Waals surface area contributed by atoms with Crippen molar-refractivity contribution in [1.82, 2.24) is 0 Å². The Labute approximate surface area is 415 Å². The van der Waals surface area contributed by atoms with E-state index in [0.29, 0.717) is 6.54 Å². The van der Waals surface area contributed by atoms with Gasteiger partial charge in [-0.1, -0.05) is 309 Å². The monoisotopic (exact) mass is 945 g/mol. The lowest BCUT2D eigenvalue weighted by molar-refractivity contribution is -0.941. The Balaban J connectivity index is 2.66. The summed E-state index contributed by atoms with van der Waals surface area (Å²) in [6.07, 6.45) is 66.2. The molecule has 1 N–H and O–H groups in total. The highest BCUT2D eigenvalue weighted by Gasteiger charge is 2.29. The molecule has 0 aliphatic carbocycles. The summed E-state index contributed by atoms with van der Waals surface area (Å²) in [5, 5.41) is 0. The van der Waals surface area contributed by atoms with Crippen molar-refractivity contribution in [2.75, 3.05) is 19.6 Å². The fourth-order valence-corrected chi connectivity index (χ4v) is 11.5. The number of hydrogen-bond donors (Lipinski definition) is 1. The molecule has 0 fully saturated rings. The number of benzene rings is 1. The van der Waals surface area contributed by atoms with Crippen molar-refractivity contribution in [2.24, 2.45) is 0 Å². The SMILES string of the molecule is CCCCCCCCCCCCCCCCCC[N+](CCCCCCCCCCCCCCCCCC)(CCCCCCCCCCCCCCCCCC)Cc1ccccc1S(=O)(=O)O. The summed E-state index contributed by atoms with van der Waals surface area (Å²) in [4.78, 5) is 0.124. The van der Waals surface area contributed by atoms with Crippen molar-refractivity contribution in [3.8, 4) is 0 Å². The third-order valence-electron chi connectivity index (χ3n) is 15.2. The van der Waals surface area contributed by atoms with Crippen LogP contribution in [0, 0.1) is 0 Å². The molecule has 390 valence electrons. The van der Waals surface area contributed by atoms with E-state index in [9.17, 15) is 13.0 Å². The molecule has 66 heavy (non-hydrogen) atoms. The summed E-state index contributed by atoms with van der Waals surface area (Å²) in [6.45, 7) is 11.0. The molecule has 5 heteroatoms. The average molecular weight is 946 g/mol. The van der Waals surface area contributed by atoms with Crippen LogP contribution in [-0.2, 0) is 16.7 Å².